The van der Waals surface area contributed by atoms with Gasteiger partial charge < -0.3 is 10.1 Å². The molecule has 0 spiro atoms. The lowest BCUT2D eigenvalue weighted by molar-refractivity contribution is -0.139. The van der Waals surface area contributed by atoms with Crippen LogP contribution in [0.25, 0.3) is 0 Å². The maximum absolute atomic E-state index is 11.6. The first-order chi connectivity index (χ1) is 13.1. The maximum atomic E-state index is 11.6. The molecule has 0 aliphatic heterocycles. The Labute approximate surface area is 163 Å². The number of hydrogen-bond donors (Lipinski definition) is 2. The molecule has 0 saturated heterocycles. The van der Waals surface area contributed by atoms with Crippen LogP contribution in [-0.4, -0.2) is 24.6 Å². The number of halogens is 1. The van der Waals surface area contributed by atoms with Crippen LogP contribution in [0.5, 0.6) is 5.75 Å². The standard InChI is InChI=1S/C20H22ClN3O3/c1-2-3-11-22-19(25)20(26)24-23-13-15-7-9-18(10-8-15)27-14-16-5-4-6-17(21)12-16/h4-10,12-13H,2-3,11,14H2,1H3,(H,22,25)(H,24,26)/b23-13-. The Morgan fingerprint density at radius 1 is 1.15 bits per heavy atom. The van der Waals surface area contributed by atoms with Crippen molar-refractivity contribution in [3.05, 3.63) is 64.7 Å². The monoisotopic (exact) mass is 387 g/mol. The van der Waals surface area contributed by atoms with Gasteiger partial charge in [-0.25, -0.2) is 5.43 Å². The Balaban J connectivity index is 1.78. The molecule has 0 aliphatic rings. The summed E-state index contributed by atoms with van der Waals surface area (Å²) in [5, 5.41) is 6.97. The first-order valence-corrected chi connectivity index (χ1v) is 9.05. The molecule has 6 nitrogen and oxygen atoms in total. The zero-order chi connectivity index (χ0) is 19.5. The molecular formula is C20H22ClN3O3. The van der Waals surface area contributed by atoms with Crippen molar-refractivity contribution in [2.45, 2.75) is 26.4 Å². The fraction of sp³-hybridized carbons (Fsp3) is 0.250. The summed E-state index contributed by atoms with van der Waals surface area (Å²) >= 11 is 5.94. The summed E-state index contributed by atoms with van der Waals surface area (Å²) in [5.41, 5.74) is 3.94. The molecule has 0 aliphatic carbocycles. The molecule has 0 saturated carbocycles. The van der Waals surface area contributed by atoms with Crippen molar-refractivity contribution in [3.63, 3.8) is 0 Å². The average Bonchev–Trinajstić information content (AvgIpc) is 2.67. The van der Waals surface area contributed by atoms with Crippen LogP contribution in [0.15, 0.2) is 53.6 Å². The van der Waals surface area contributed by atoms with Crippen LogP contribution in [0, 0.1) is 0 Å². The molecule has 0 aromatic heterocycles. The second-order valence-corrected chi connectivity index (χ2v) is 6.23. The lowest BCUT2D eigenvalue weighted by Crippen LogP contribution is -2.38. The third-order valence-electron chi connectivity index (χ3n) is 3.58. The summed E-state index contributed by atoms with van der Waals surface area (Å²) in [6, 6.07) is 14.7. The van der Waals surface area contributed by atoms with Gasteiger partial charge in [0, 0.05) is 11.6 Å². The van der Waals surface area contributed by atoms with Crippen molar-refractivity contribution in [2.75, 3.05) is 6.54 Å². The highest BCUT2D eigenvalue weighted by Gasteiger charge is 2.10. The smallest absolute Gasteiger partial charge is 0.329 e. The van der Waals surface area contributed by atoms with Crippen LogP contribution in [0.4, 0.5) is 0 Å². The number of ether oxygens (including phenoxy) is 1. The molecule has 142 valence electrons. The molecule has 0 heterocycles. The van der Waals surface area contributed by atoms with Crippen LogP contribution in [0.3, 0.4) is 0 Å². The van der Waals surface area contributed by atoms with E-state index in [-0.39, 0.29) is 0 Å². The maximum Gasteiger partial charge on any atom is 0.329 e. The third-order valence-corrected chi connectivity index (χ3v) is 3.81. The highest BCUT2D eigenvalue weighted by molar-refractivity contribution is 6.35. The van der Waals surface area contributed by atoms with Crippen molar-refractivity contribution in [3.8, 4) is 5.75 Å². The minimum atomic E-state index is -0.788. The topological polar surface area (TPSA) is 79.8 Å². The van der Waals surface area contributed by atoms with Crippen LogP contribution >= 0.6 is 11.6 Å². The van der Waals surface area contributed by atoms with E-state index in [1.807, 2.05) is 31.2 Å². The van der Waals surface area contributed by atoms with Gasteiger partial charge in [0.15, 0.2) is 0 Å². The van der Waals surface area contributed by atoms with Gasteiger partial charge in [0.25, 0.3) is 0 Å². The molecule has 27 heavy (non-hydrogen) atoms. The Hall–Kier alpha value is -2.86. The Bertz CT molecular complexity index is 791. The number of carbonyl (C=O) groups excluding carboxylic acids is 2. The second-order valence-electron chi connectivity index (χ2n) is 5.80. The van der Waals surface area contributed by atoms with Gasteiger partial charge in [-0.05, 0) is 53.9 Å². The number of benzene rings is 2. The van der Waals surface area contributed by atoms with E-state index in [0.717, 1.165) is 24.0 Å². The van der Waals surface area contributed by atoms with Gasteiger partial charge in [-0.2, -0.15) is 5.10 Å². The Morgan fingerprint density at radius 2 is 1.93 bits per heavy atom. The molecule has 2 N–H and O–H groups in total. The molecular weight excluding hydrogens is 366 g/mol. The number of carbonyl (C=O) groups is 2. The minimum Gasteiger partial charge on any atom is -0.489 e. The van der Waals surface area contributed by atoms with E-state index in [1.54, 1.807) is 24.3 Å². The fourth-order valence-electron chi connectivity index (χ4n) is 2.12. The van der Waals surface area contributed by atoms with Gasteiger partial charge in [-0.15, -0.1) is 0 Å². The number of hydrogen-bond acceptors (Lipinski definition) is 4. The highest BCUT2D eigenvalue weighted by atomic mass is 35.5. The zero-order valence-corrected chi connectivity index (χ0v) is 15.8. The molecule has 2 amide bonds. The van der Waals surface area contributed by atoms with Gasteiger partial charge >= 0.3 is 11.8 Å². The zero-order valence-electron chi connectivity index (χ0n) is 15.1. The average molecular weight is 388 g/mol. The van der Waals surface area contributed by atoms with Crippen LogP contribution in [0.2, 0.25) is 5.02 Å². The molecule has 0 bridgehead atoms. The van der Waals surface area contributed by atoms with Crippen LogP contribution in [-0.2, 0) is 16.2 Å². The predicted molar refractivity (Wildman–Crippen MR) is 106 cm³/mol. The van der Waals surface area contributed by atoms with Gasteiger partial charge in [-0.1, -0.05) is 37.1 Å². The predicted octanol–water partition coefficient (Wildman–Crippen LogP) is 3.29. The van der Waals surface area contributed by atoms with E-state index in [9.17, 15) is 9.59 Å². The van der Waals surface area contributed by atoms with Crippen molar-refractivity contribution < 1.29 is 14.3 Å². The number of nitrogens with one attached hydrogen (secondary N) is 2. The third kappa shape index (κ3) is 7.50. The number of hydrazone groups is 1. The van der Waals surface area contributed by atoms with E-state index in [2.05, 4.69) is 15.8 Å². The number of nitrogens with zero attached hydrogens (tertiary/aromatic N) is 1. The summed E-state index contributed by atoms with van der Waals surface area (Å²) in [5.74, 6) is -0.777. The van der Waals surface area contributed by atoms with Gasteiger partial charge in [-0.3, -0.25) is 9.59 Å². The Morgan fingerprint density at radius 3 is 2.63 bits per heavy atom. The van der Waals surface area contributed by atoms with Gasteiger partial charge in [0.2, 0.25) is 0 Å². The Kier molecular flexibility index (Phi) is 8.32. The number of unbranched alkanes of at least 4 members (excludes halogenated alkanes) is 1. The summed E-state index contributed by atoms with van der Waals surface area (Å²) in [6.45, 7) is 2.89. The van der Waals surface area contributed by atoms with Crippen molar-refractivity contribution in [1.29, 1.82) is 0 Å². The lowest BCUT2D eigenvalue weighted by atomic mass is 10.2. The molecule has 2 rings (SSSR count). The molecule has 2 aromatic rings. The first-order valence-electron chi connectivity index (χ1n) is 8.67. The van der Waals surface area contributed by atoms with Crippen LogP contribution < -0.4 is 15.5 Å². The summed E-state index contributed by atoms with van der Waals surface area (Å²) in [6.07, 6.45) is 3.23. The van der Waals surface area contributed by atoms with E-state index >= 15 is 0 Å². The highest BCUT2D eigenvalue weighted by Crippen LogP contribution is 2.15. The van der Waals surface area contributed by atoms with Crippen LogP contribution in [0.1, 0.15) is 30.9 Å². The largest absolute Gasteiger partial charge is 0.489 e. The summed E-state index contributed by atoms with van der Waals surface area (Å²) < 4.78 is 5.70. The van der Waals surface area contributed by atoms with Crippen molar-refractivity contribution in [2.24, 2.45) is 5.10 Å². The van der Waals surface area contributed by atoms with E-state index in [0.29, 0.717) is 23.9 Å². The number of amides is 2. The minimum absolute atomic E-state index is 0.414. The molecule has 0 fully saturated rings. The first kappa shape index (κ1) is 20.5. The van der Waals surface area contributed by atoms with Crippen molar-refractivity contribution >= 4 is 29.6 Å². The fourth-order valence-corrected chi connectivity index (χ4v) is 2.33. The molecule has 0 radical (unpaired) electrons. The van der Waals surface area contributed by atoms with E-state index < -0.39 is 11.8 Å². The molecule has 0 atom stereocenters. The molecule has 2 aromatic carbocycles. The SMILES string of the molecule is CCCCNC(=O)C(=O)N/N=C\c1ccc(OCc2cccc(Cl)c2)cc1. The number of rotatable bonds is 8. The van der Waals surface area contributed by atoms with E-state index in [4.69, 9.17) is 16.3 Å². The quantitative estimate of drug-likeness (QED) is 0.315. The van der Waals surface area contributed by atoms with Gasteiger partial charge in [0.05, 0.1) is 6.21 Å². The summed E-state index contributed by atoms with van der Waals surface area (Å²) in [4.78, 5) is 23.1. The second kappa shape index (κ2) is 11.0. The van der Waals surface area contributed by atoms with Gasteiger partial charge in [0.1, 0.15) is 12.4 Å². The molecule has 0 unspecified atom stereocenters. The lowest BCUT2D eigenvalue weighted by Gasteiger charge is -2.06. The van der Waals surface area contributed by atoms with E-state index in [1.165, 1.54) is 6.21 Å². The molecule has 7 heteroatoms. The summed E-state index contributed by atoms with van der Waals surface area (Å²) in [7, 11) is 0. The van der Waals surface area contributed by atoms with Crippen molar-refractivity contribution in [1.82, 2.24) is 10.7 Å². The normalized spacial score (nSPS) is 10.6.